The van der Waals surface area contributed by atoms with Crippen molar-refractivity contribution in [1.29, 1.82) is 0 Å². The summed E-state index contributed by atoms with van der Waals surface area (Å²) < 4.78 is 0. The molecule has 0 aliphatic carbocycles. The molecule has 6 heteroatoms. The molecule has 1 aromatic heterocycles. The van der Waals surface area contributed by atoms with Gasteiger partial charge in [-0.1, -0.05) is 6.07 Å². The number of nitrogens with zero attached hydrogens (tertiary/aromatic N) is 2. The van der Waals surface area contributed by atoms with E-state index in [1.807, 2.05) is 6.92 Å². The van der Waals surface area contributed by atoms with E-state index in [0.717, 1.165) is 0 Å². The quantitative estimate of drug-likeness (QED) is 0.847. The fourth-order valence-electron chi connectivity index (χ4n) is 2.11. The lowest BCUT2D eigenvalue weighted by molar-refractivity contribution is -0.137. The summed E-state index contributed by atoms with van der Waals surface area (Å²) in [7, 11) is 0. The molecule has 0 radical (unpaired) electrons. The summed E-state index contributed by atoms with van der Waals surface area (Å²) in [6.45, 7) is 1.86. The molecule has 0 aliphatic rings. The van der Waals surface area contributed by atoms with Crippen molar-refractivity contribution in [2.45, 2.75) is 32.2 Å². The maximum atomic E-state index is 12.3. The zero-order valence-electron chi connectivity index (χ0n) is 11.7. The minimum atomic E-state index is -0.821. The highest BCUT2D eigenvalue weighted by Gasteiger charge is 2.14. The summed E-state index contributed by atoms with van der Waals surface area (Å²) in [6.07, 6.45) is 4.40. The van der Waals surface area contributed by atoms with Gasteiger partial charge in [0.05, 0.1) is 11.1 Å². The zero-order valence-corrected chi connectivity index (χ0v) is 11.7. The molecule has 2 N–H and O–H groups in total. The molecular formula is C15H17N3O3. The van der Waals surface area contributed by atoms with Crippen LogP contribution in [0.4, 0.5) is 0 Å². The molecular weight excluding hydrogens is 270 g/mol. The van der Waals surface area contributed by atoms with Gasteiger partial charge < -0.3 is 10.4 Å². The van der Waals surface area contributed by atoms with E-state index >= 15 is 0 Å². The number of carboxylic acid groups (broad SMARTS) is 1. The van der Waals surface area contributed by atoms with Crippen molar-refractivity contribution < 1.29 is 14.7 Å². The number of hydrogen-bond donors (Lipinski definition) is 2. The highest BCUT2D eigenvalue weighted by atomic mass is 16.4. The molecule has 0 spiro atoms. The van der Waals surface area contributed by atoms with Gasteiger partial charge in [-0.25, -0.2) is 0 Å². The topological polar surface area (TPSA) is 92.2 Å². The molecule has 2 rings (SSSR count). The lowest BCUT2D eigenvalue weighted by Gasteiger charge is -2.14. The number of hydrogen-bond acceptors (Lipinski definition) is 4. The molecule has 1 aromatic carbocycles. The minimum absolute atomic E-state index is 0.0937. The van der Waals surface area contributed by atoms with Crippen LogP contribution in [0.5, 0.6) is 0 Å². The van der Waals surface area contributed by atoms with E-state index in [1.54, 1.807) is 30.6 Å². The predicted molar refractivity (Wildman–Crippen MR) is 78.0 cm³/mol. The average molecular weight is 287 g/mol. The van der Waals surface area contributed by atoms with Gasteiger partial charge >= 0.3 is 5.97 Å². The molecule has 0 aliphatic heterocycles. The van der Waals surface area contributed by atoms with Crippen LogP contribution >= 0.6 is 0 Å². The first-order chi connectivity index (χ1) is 10.1. The van der Waals surface area contributed by atoms with E-state index in [4.69, 9.17) is 5.11 Å². The van der Waals surface area contributed by atoms with E-state index in [-0.39, 0.29) is 18.4 Å². The summed E-state index contributed by atoms with van der Waals surface area (Å²) in [5.74, 6) is -1.04. The number of nitrogens with one attached hydrogen (secondary N) is 1. The van der Waals surface area contributed by atoms with Gasteiger partial charge in [-0.05, 0) is 31.9 Å². The van der Waals surface area contributed by atoms with Gasteiger partial charge in [0.15, 0.2) is 0 Å². The van der Waals surface area contributed by atoms with Crippen LogP contribution < -0.4 is 5.32 Å². The molecule has 1 atom stereocenters. The molecule has 0 saturated heterocycles. The molecule has 1 unspecified atom stereocenters. The Hall–Kier alpha value is -2.50. The van der Waals surface area contributed by atoms with Crippen LogP contribution in [-0.4, -0.2) is 33.0 Å². The van der Waals surface area contributed by atoms with Crippen molar-refractivity contribution in [2.75, 3.05) is 0 Å². The number of amides is 1. The number of carbonyl (C=O) groups is 2. The number of aromatic nitrogens is 2. The Balaban J connectivity index is 2.03. The standard InChI is InChI=1S/C15H17N3O3/c1-10(4-2-7-13(19)20)18-15(21)11-5-3-6-12-14(11)17-9-8-16-12/h3,5-6,8-10H,2,4,7H2,1H3,(H,18,21)(H,19,20). The van der Waals surface area contributed by atoms with E-state index in [2.05, 4.69) is 15.3 Å². The molecule has 1 amide bonds. The first-order valence-electron chi connectivity index (χ1n) is 6.80. The summed E-state index contributed by atoms with van der Waals surface area (Å²) >= 11 is 0. The Morgan fingerprint density at radius 1 is 1.29 bits per heavy atom. The van der Waals surface area contributed by atoms with Gasteiger partial charge in [-0.15, -0.1) is 0 Å². The summed E-state index contributed by atoms with van der Waals surface area (Å²) in [6, 6.07) is 5.18. The van der Waals surface area contributed by atoms with Crippen molar-refractivity contribution >= 4 is 22.9 Å². The Kier molecular flexibility index (Phi) is 4.81. The SMILES string of the molecule is CC(CCCC(=O)O)NC(=O)c1cccc2nccnc12. The van der Waals surface area contributed by atoms with Gasteiger partial charge in [-0.3, -0.25) is 19.6 Å². The lowest BCUT2D eigenvalue weighted by atomic mass is 10.1. The van der Waals surface area contributed by atoms with Gasteiger partial charge in [0.2, 0.25) is 0 Å². The molecule has 0 fully saturated rings. The number of fused-ring (bicyclic) bond motifs is 1. The second-order valence-electron chi connectivity index (χ2n) is 4.89. The number of aliphatic carboxylic acids is 1. The van der Waals surface area contributed by atoms with Crippen LogP contribution in [0.2, 0.25) is 0 Å². The maximum Gasteiger partial charge on any atom is 0.303 e. The average Bonchev–Trinajstić information content (AvgIpc) is 2.46. The van der Waals surface area contributed by atoms with Gasteiger partial charge in [-0.2, -0.15) is 0 Å². The number of carbonyl (C=O) groups excluding carboxylic acids is 1. The van der Waals surface area contributed by atoms with Crippen LogP contribution in [0.3, 0.4) is 0 Å². The van der Waals surface area contributed by atoms with Crippen LogP contribution in [0, 0.1) is 0 Å². The lowest BCUT2D eigenvalue weighted by Crippen LogP contribution is -2.32. The van der Waals surface area contributed by atoms with Crippen molar-refractivity contribution in [3.8, 4) is 0 Å². The van der Waals surface area contributed by atoms with Gasteiger partial charge in [0.1, 0.15) is 5.52 Å². The van der Waals surface area contributed by atoms with Crippen molar-refractivity contribution in [3.63, 3.8) is 0 Å². The van der Waals surface area contributed by atoms with Crippen LogP contribution in [-0.2, 0) is 4.79 Å². The van der Waals surface area contributed by atoms with E-state index in [1.165, 1.54) is 0 Å². The minimum Gasteiger partial charge on any atom is -0.481 e. The number of benzene rings is 1. The molecule has 110 valence electrons. The number of rotatable bonds is 6. The summed E-state index contributed by atoms with van der Waals surface area (Å²) in [4.78, 5) is 31.1. The molecule has 0 bridgehead atoms. The Bertz CT molecular complexity index is 652. The summed E-state index contributed by atoms with van der Waals surface area (Å²) in [5, 5.41) is 11.5. The fourth-order valence-corrected chi connectivity index (χ4v) is 2.11. The molecule has 2 aromatic rings. The third kappa shape index (κ3) is 3.98. The van der Waals surface area contributed by atoms with E-state index in [0.29, 0.717) is 29.4 Å². The molecule has 0 saturated carbocycles. The second kappa shape index (κ2) is 6.78. The van der Waals surface area contributed by atoms with E-state index in [9.17, 15) is 9.59 Å². The van der Waals surface area contributed by atoms with Crippen molar-refractivity contribution in [2.24, 2.45) is 0 Å². The molecule has 6 nitrogen and oxygen atoms in total. The molecule has 21 heavy (non-hydrogen) atoms. The molecule has 1 heterocycles. The second-order valence-corrected chi connectivity index (χ2v) is 4.89. The van der Waals surface area contributed by atoms with Crippen molar-refractivity contribution in [3.05, 3.63) is 36.2 Å². The predicted octanol–water partition coefficient (Wildman–Crippen LogP) is 2.00. The monoisotopic (exact) mass is 287 g/mol. The smallest absolute Gasteiger partial charge is 0.303 e. The highest BCUT2D eigenvalue weighted by Crippen LogP contribution is 2.14. The normalized spacial score (nSPS) is 12.0. The third-order valence-electron chi connectivity index (χ3n) is 3.15. The maximum absolute atomic E-state index is 12.3. The van der Waals surface area contributed by atoms with Gasteiger partial charge in [0, 0.05) is 24.9 Å². The van der Waals surface area contributed by atoms with Crippen LogP contribution in [0.1, 0.15) is 36.5 Å². The Morgan fingerprint density at radius 2 is 2.05 bits per heavy atom. The van der Waals surface area contributed by atoms with Gasteiger partial charge in [0.25, 0.3) is 5.91 Å². The Labute approximate surface area is 122 Å². The van der Waals surface area contributed by atoms with Crippen molar-refractivity contribution in [1.82, 2.24) is 15.3 Å². The number of carboxylic acids is 1. The third-order valence-corrected chi connectivity index (χ3v) is 3.15. The zero-order chi connectivity index (χ0) is 15.2. The largest absolute Gasteiger partial charge is 0.481 e. The first kappa shape index (κ1) is 14.9. The first-order valence-corrected chi connectivity index (χ1v) is 6.80. The summed E-state index contributed by atoms with van der Waals surface area (Å²) in [5.41, 5.74) is 1.71. The highest BCUT2D eigenvalue weighted by molar-refractivity contribution is 6.04. The van der Waals surface area contributed by atoms with E-state index < -0.39 is 5.97 Å². The van der Waals surface area contributed by atoms with Crippen LogP contribution in [0.25, 0.3) is 11.0 Å². The van der Waals surface area contributed by atoms with Crippen LogP contribution in [0.15, 0.2) is 30.6 Å². The Morgan fingerprint density at radius 3 is 2.81 bits per heavy atom. The fraction of sp³-hybridized carbons (Fsp3) is 0.333. The number of para-hydroxylation sites is 1.